The predicted molar refractivity (Wildman–Crippen MR) is 85.6 cm³/mol. The van der Waals surface area contributed by atoms with Gasteiger partial charge in [-0.1, -0.05) is 23.7 Å². The van der Waals surface area contributed by atoms with E-state index in [0.717, 1.165) is 34.6 Å². The molecule has 0 spiro atoms. The quantitative estimate of drug-likeness (QED) is 0.530. The van der Waals surface area contributed by atoms with E-state index in [9.17, 15) is 0 Å². The van der Waals surface area contributed by atoms with Crippen molar-refractivity contribution in [3.63, 3.8) is 0 Å². The Bertz CT molecular complexity index is 867. The van der Waals surface area contributed by atoms with Crippen LogP contribution in [0.5, 0.6) is 0 Å². The largest absolute Gasteiger partial charge is 0.399 e. The number of hydrogen-bond acceptors (Lipinski definition) is 3. The van der Waals surface area contributed by atoms with Crippen LogP contribution in [0.15, 0.2) is 42.5 Å². The minimum absolute atomic E-state index is 0.655. The topological polar surface area (TPSA) is 69.9 Å². The van der Waals surface area contributed by atoms with Crippen molar-refractivity contribution in [3.05, 3.63) is 58.6 Å². The maximum Gasteiger partial charge on any atom is 0.131 e. The third-order valence-corrected chi connectivity index (χ3v) is 4.06. The van der Waals surface area contributed by atoms with Gasteiger partial charge in [0.25, 0.3) is 0 Å². The van der Waals surface area contributed by atoms with Crippen molar-refractivity contribution in [1.82, 2.24) is 9.78 Å². The van der Waals surface area contributed by atoms with Gasteiger partial charge in [0.15, 0.2) is 0 Å². The van der Waals surface area contributed by atoms with E-state index < -0.39 is 0 Å². The highest BCUT2D eigenvalue weighted by molar-refractivity contribution is 6.30. The van der Waals surface area contributed by atoms with E-state index in [2.05, 4.69) is 5.10 Å². The van der Waals surface area contributed by atoms with Crippen molar-refractivity contribution in [2.24, 2.45) is 0 Å². The van der Waals surface area contributed by atoms with Gasteiger partial charge < -0.3 is 11.5 Å². The summed E-state index contributed by atoms with van der Waals surface area (Å²) >= 11 is 6.04. The highest BCUT2D eigenvalue weighted by atomic mass is 35.5. The SMILES string of the molecule is Nc1ccc2c(c1)Cc1c-2nn(-c2cccc(Cl)c2)c1N. The molecule has 0 saturated heterocycles. The number of anilines is 2. The van der Waals surface area contributed by atoms with Crippen molar-refractivity contribution in [2.75, 3.05) is 11.5 Å². The number of fused-ring (bicyclic) bond motifs is 3. The molecule has 0 atom stereocenters. The van der Waals surface area contributed by atoms with Gasteiger partial charge in [-0.3, -0.25) is 0 Å². The van der Waals surface area contributed by atoms with Crippen molar-refractivity contribution >= 4 is 23.1 Å². The van der Waals surface area contributed by atoms with Crippen LogP contribution in [0.3, 0.4) is 0 Å². The Hall–Kier alpha value is -2.46. The van der Waals surface area contributed by atoms with Gasteiger partial charge >= 0.3 is 0 Å². The minimum atomic E-state index is 0.655. The molecule has 0 bridgehead atoms. The summed E-state index contributed by atoms with van der Waals surface area (Å²) < 4.78 is 1.75. The first-order chi connectivity index (χ1) is 10.1. The van der Waals surface area contributed by atoms with Gasteiger partial charge in [0.1, 0.15) is 5.82 Å². The second-order valence-corrected chi connectivity index (χ2v) is 5.63. The number of rotatable bonds is 1. The fourth-order valence-electron chi connectivity index (χ4n) is 2.84. The molecular weight excluding hydrogens is 284 g/mol. The molecule has 4 rings (SSSR count). The Balaban J connectivity index is 1.89. The number of benzene rings is 2. The number of nitrogens with zero attached hydrogens (tertiary/aromatic N) is 2. The van der Waals surface area contributed by atoms with Crippen LogP contribution in [0, 0.1) is 0 Å². The molecule has 0 fully saturated rings. The molecule has 0 radical (unpaired) electrons. The highest BCUT2D eigenvalue weighted by Crippen LogP contribution is 2.40. The maximum absolute atomic E-state index is 6.28. The number of aromatic nitrogens is 2. The third kappa shape index (κ3) is 1.80. The van der Waals surface area contributed by atoms with E-state index in [-0.39, 0.29) is 0 Å². The molecule has 3 aromatic rings. The lowest BCUT2D eigenvalue weighted by Crippen LogP contribution is -2.03. The number of nitrogen functional groups attached to an aromatic ring is 2. The van der Waals surface area contributed by atoms with Gasteiger partial charge in [-0.2, -0.15) is 5.10 Å². The first kappa shape index (κ1) is 12.3. The summed E-state index contributed by atoms with van der Waals surface area (Å²) in [5.74, 6) is 0.655. The Morgan fingerprint density at radius 1 is 1.10 bits per heavy atom. The summed E-state index contributed by atoms with van der Waals surface area (Å²) in [6, 6.07) is 13.4. The molecule has 5 heteroatoms. The van der Waals surface area contributed by atoms with E-state index in [1.807, 2.05) is 42.5 Å². The van der Waals surface area contributed by atoms with Crippen molar-refractivity contribution in [3.8, 4) is 16.9 Å². The Kier molecular flexibility index (Phi) is 2.50. The standard InChI is InChI=1S/C16H13ClN4/c17-10-2-1-3-12(8-10)21-16(19)14-7-9-6-11(18)4-5-13(9)15(14)20-21/h1-6,8H,7,18-19H2. The van der Waals surface area contributed by atoms with Crippen molar-refractivity contribution in [2.45, 2.75) is 6.42 Å². The lowest BCUT2D eigenvalue weighted by Gasteiger charge is -2.06. The Morgan fingerprint density at radius 3 is 2.76 bits per heavy atom. The molecule has 4 N–H and O–H groups in total. The summed E-state index contributed by atoms with van der Waals surface area (Å²) in [5.41, 5.74) is 18.0. The van der Waals surface area contributed by atoms with Gasteiger partial charge in [-0.05, 0) is 35.9 Å². The zero-order valence-corrected chi connectivity index (χ0v) is 11.9. The summed E-state index contributed by atoms with van der Waals surface area (Å²) in [7, 11) is 0. The van der Waals surface area contributed by atoms with Crippen molar-refractivity contribution < 1.29 is 0 Å². The van der Waals surface area contributed by atoms with Crippen LogP contribution in [0.2, 0.25) is 5.02 Å². The smallest absolute Gasteiger partial charge is 0.131 e. The normalized spacial score (nSPS) is 12.2. The zero-order valence-electron chi connectivity index (χ0n) is 11.2. The lowest BCUT2D eigenvalue weighted by molar-refractivity contribution is 0.893. The Labute approximate surface area is 126 Å². The zero-order chi connectivity index (χ0) is 14.6. The molecule has 1 heterocycles. The number of nitrogens with two attached hydrogens (primary N) is 2. The van der Waals surface area contributed by atoms with E-state index in [1.165, 1.54) is 5.56 Å². The van der Waals surface area contributed by atoms with Gasteiger partial charge in [0.2, 0.25) is 0 Å². The van der Waals surface area contributed by atoms with E-state index in [1.54, 1.807) is 4.68 Å². The highest BCUT2D eigenvalue weighted by Gasteiger charge is 2.26. The first-order valence-corrected chi connectivity index (χ1v) is 7.03. The molecule has 1 aliphatic carbocycles. The van der Waals surface area contributed by atoms with Gasteiger partial charge in [0, 0.05) is 28.3 Å². The molecule has 21 heavy (non-hydrogen) atoms. The third-order valence-electron chi connectivity index (χ3n) is 3.83. The molecular formula is C16H13ClN4. The van der Waals surface area contributed by atoms with Gasteiger partial charge in [0.05, 0.1) is 11.4 Å². The first-order valence-electron chi connectivity index (χ1n) is 6.65. The molecule has 0 aliphatic heterocycles. The molecule has 4 nitrogen and oxygen atoms in total. The molecule has 104 valence electrons. The molecule has 0 unspecified atom stereocenters. The second kappa shape index (κ2) is 4.27. The number of halogens is 1. The van der Waals surface area contributed by atoms with Crippen LogP contribution < -0.4 is 11.5 Å². The molecule has 1 aliphatic rings. The fraction of sp³-hybridized carbons (Fsp3) is 0.0625. The predicted octanol–water partition coefficient (Wildman–Crippen LogP) is 3.26. The van der Waals surface area contributed by atoms with Gasteiger partial charge in [-0.25, -0.2) is 4.68 Å². The number of hydrogen-bond donors (Lipinski definition) is 2. The van der Waals surface area contributed by atoms with Crippen LogP contribution in [-0.4, -0.2) is 9.78 Å². The van der Waals surface area contributed by atoms with E-state index >= 15 is 0 Å². The Morgan fingerprint density at radius 2 is 1.95 bits per heavy atom. The summed E-state index contributed by atoms with van der Waals surface area (Å²) in [6.45, 7) is 0. The summed E-state index contributed by atoms with van der Waals surface area (Å²) in [4.78, 5) is 0. The van der Waals surface area contributed by atoms with Crippen LogP contribution in [0.25, 0.3) is 16.9 Å². The average molecular weight is 297 g/mol. The maximum atomic E-state index is 6.28. The van der Waals surface area contributed by atoms with Crippen LogP contribution >= 0.6 is 11.6 Å². The van der Waals surface area contributed by atoms with Crippen molar-refractivity contribution in [1.29, 1.82) is 0 Å². The minimum Gasteiger partial charge on any atom is -0.399 e. The van der Waals surface area contributed by atoms with Crippen LogP contribution in [-0.2, 0) is 6.42 Å². The molecule has 0 saturated carbocycles. The summed E-state index contributed by atoms with van der Waals surface area (Å²) in [5, 5.41) is 5.33. The fourth-order valence-corrected chi connectivity index (χ4v) is 3.02. The molecule has 2 aromatic carbocycles. The average Bonchev–Trinajstić information content (AvgIpc) is 2.96. The monoisotopic (exact) mass is 296 g/mol. The lowest BCUT2D eigenvalue weighted by atomic mass is 10.1. The van der Waals surface area contributed by atoms with Gasteiger partial charge in [-0.15, -0.1) is 0 Å². The van der Waals surface area contributed by atoms with E-state index in [4.69, 9.17) is 23.1 Å². The second-order valence-electron chi connectivity index (χ2n) is 5.20. The van der Waals surface area contributed by atoms with Crippen LogP contribution in [0.4, 0.5) is 11.5 Å². The molecule has 0 amide bonds. The van der Waals surface area contributed by atoms with Crippen LogP contribution in [0.1, 0.15) is 11.1 Å². The summed E-state index contributed by atoms with van der Waals surface area (Å²) in [6.07, 6.45) is 0.766. The van der Waals surface area contributed by atoms with E-state index in [0.29, 0.717) is 10.8 Å². The molecule has 1 aromatic heterocycles.